The molecule has 0 aliphatic heterocycles. The average molecular weight is 496 g/mol. The molecule has 0 unspecified atom stereocenters. The van der Waals surface area contributed by atoms with Crippen LogP contribution in [0.15, 0.2) is 52.8 Å². The molecular weight excluding hydrogens is 471 g/mol. The molecule has 3 rings (SSSR count). The summed E-state index contributed by atoms with van der Waals surface area (Å²) in [6.07, 6.45) is 0. The van der Waals surface area contributed by atoms with Crippen molar-refractivity contribution < 1.29 is 4.74 Å². The maximum atomic E-state index is 5.97. The number of rotatable bonds is 6. The Bertz CT molecular complexity index is 891. The van der Waals surface area contributed by atoms with E-state index in [4.69, 9.17) is 4.74 Å². The SMILES string of the molecule is CN=C(NCCOc1cccc2ccccc12)N(C)Cc1csc(C)n1.I. The van der Waals surface area contributed by atoms with Gasteiger partial charge in [-0.2, -0.15) is 0 Å². The Balaban J connectivity index is 0.00000261. The van der Waals surface area contributed by atoms with E-state index >= 15 is 0 Å². The van der Waals surface area contributed by atoms with Crippen molar-refractivity contribution in [1.82, 2.24) is 15.2 Å². The van der Waals surface area contributed by atoms with Gasteiger partial charge in [-0.1, -0.05) is 36.4 Å². The second kappa shape index (κ2) is 10.5. The monoisotopic (exact) mass is 496 g/mol. The van der Waals surface area contributed by atoms with E-state index in [1.165, 1.54) is 5.39 Å². The van der Waals surface area contributed by atoms with Gasteiger partial charge in [0.15, 0.2) is 5.96 Å². The zero-order valence-corrected chi connectivity index (χ0v) is 19.0. The van der Waals surface area contributed by atoms with Gasteiger partial charge in [-0.15, -0.1) is 35.3 Å². The molecule has 0 saturated carbocycles. The third kappa shape index (κ3) is 5.80. The number of thiazole rings is 1. The second-order valence-corrected chi connectivity index (χ2v) is 7.08. The lowest BCUT2D eigenvalue weighted by Crippen LogP contribution is -2.40. The summed E-state index contributed by atoms with van der Waals surface area (Å²) in [5.74, 6) is 1.74. The first-order chi connectivity index (χ1) is 12.7. The largest absolute Gasteiger partial charge is 0.491 e. The summed E-state index contributed by atoms with van der Waals surface area (Å²) < 4.78 is 5.97. The van der Waals surface area contributed by atoms with Gasteiger partial charge in [-0.3, -0.25) is 4.99 Å². The predicted octanol–water partition coefficient (Wildman–Crippen LogP) is 4.31. The van der Waals surface area contributed by atoms with Gasteiger partial charge in [0.1, 0.15) is 12.4 Å². The van der Waals surface area contributed by atoms with Crippen LogP contribution in [0.1, 0.15) is 10.7 Å². The molecule has 0 aliphatic rings. The van der Waals surface area contributed by atoms with Gasteiger partial charge in [-0.25, -0.2) is 4.98 Å². The minimum Gasteiger partial charge on any atom is -0.491 e. The van der Waals surface area contributed by atoms with Crippen LogP contribution in [0.4, 0.5) is 0 Å². The highest BCUT2D eigenvalue weighted by Gasteiger charge is 2.08. The fourth-order valence-electron chi connectivity index (χ4n) is 2.83. The van der Waals surface area contributed by atoms with Gasteiger partial charge < -0.3 is 15.0 Å². The molecule has 0 spiro atoms. The van der Waals surface area contributed by atoms with Crippen LogP contribution in [0.5, 0.6) is 5.75 Å². The van der Waals surface area contributed by atoms with E-state index in [2.05, 4.69) is 43.8 Å². The van der Waals surface area contributed by atoms with Crippen molar-refractivity contribution in [1.29, 1.82) is 0 Å². The fraction of sp³-hybridized carbons (Fsp3) is 0.300. The highest BCUT2D eigenvalue weighted by atomic mass is 127. The first kappa shape index (κ1) is 21.4. The van der Waals surface area contributed by atoms with Gasteiger partial charge in [0, 0.05) is 24.9 Å². The molecular formula is C20H25IN4OS. The number of guanidine groups is 1. The zero-order valence-electron chi connectivity index (χ0n) is 15.8. The normalized spacial score (nSPS) is 11.1. The molecule has 0 bridgehead atoms. The minimum absolute atomic E-state index is 0. The molecule has 0 atom stereocenters. The van der Waals surface area contributed by atoms with Gasteiger partial charge >= 0.3 is 0 Å². The van der Waals surface area contributed by atoms with Crippen LogP contribution in [0, 0.1) is 6.92 Å². The number of halogens is 1. The lowest BCUT2D eigenvalue weighted by Gasteiger charge is -2.21. The molecule has 144 valence electrons. The van der Waals surface area contributed by atoms with Crippen molar-refractivity contribution in [2.45, 2.75) is 13.5 Å². The molecule has 5 nitrogen and oxygen atoms in total. The van der Waals surface area contributed by atoms with Crippen LogP contribution in [0.3, 0.4) is 0 Å². The Morgan fingerprint density at radius 1 is 1.22 bits per heavy atom. The number of aryl methyl sites for hydroxylation is 1. The van der Waals surface area contributed by atoms with Gasteiger partial charge in [-0.05, 0) is 18.4 Å². The summed E-state index contributed by atoms with van der Waals surface area (Å²) in [4.78, 5) is 10.9. The fourth-order valence-corrected chi connectivity index (χ4v) is 3.43. The van der Waals surface area contributed by atoms with Crippen molar-refractivity contribution in [2.75, 3.05) is 27.2 Å². The topological polar surface area (TPSA) is 49.8 Å². The summed E-state index contributed by atoms with van der Waals surface area (Å²) in [7, 11) is 3.80. The summed E-state index contributed by atoms with van der Waals surface area (Å²) in [5.41, 5.74) is 1.06. The number of benzene rings is 2. The molecule has 3 aromatic rings. The second-order valence-electron chi connectivity index (χ2n) is 6.01. The number of ether oxygens (including phenoxy) is 1. The quantitative estimate of drug-likeness (QED) is 0.239. The smallest absolute Gasteiger partial charge is 0.193 e. The Morgan fingerprint density at radius 3 is 2.74 bits per heavy atom. The average Bonchev–Trinajstić information content (AvgIpc) is 3.06. The molecule has 0 saturated heterocycles. The van der Waals surface area contributed by atoms with Crippen LogP contribution >= 0.6 is 35.3 Å². The number of hydrogen-bond donors (Lipinski definition) is 1. The Hall–Kier alpha value is -1.87. The lowest BCUT2D eigenvalue weighted by molar-refractivity contribution is 0.322. The van der Waals surface area contributed by atoms with Crippen LogP contribution in [-0.4, -0.2) is 43.1 Å². The number of aliphatic imine (C=N–C) groups is 1. The lowest BCUT2D eigenvalue weighted by atomic mass is 10.1. The molecule has 1 N–H and O–H groups in total. The van der Waals surface area contributed by atoms with Crippen molar-refractivity contribution in [3.63, 3.8) is 0 Å². The first-order valence-corrected chi connectivity index (χ1v) is 9.48. The Kier molecular flexibility index (Phi) is 8.30. The maximum Gasteiger partial charge on any atom is 0.193 e. The van der Waals surface area contributed by atoms with Crippen LogP contribution < -0.4 is 10.1 Å². The standard InChI is InChI=1S/C20H24N4OS.HI/c1-15-23-17(14-26-15)13-24(3)20(21-2)22-11-12-25-19-10-6-8-16-7-4-5-9-18(16)19;/h4-10,14H,11-13H2,1-3H3,(H,21,22);1H. The minimum atomic E-state index is 0. The maximum absolute atomic E-state index is 5.97. The molecule has 1 aromatic heterocycles. The molecule has 1 heterocycles. The molecule has 0 amide bonds. The Labute approximate surface area is 181 Å². The third-order valence-electron chi connectivity index (χ3n) is 4.03. The predicted molar refractivity (Wildman–Crippen MR) is 125 cm³/mol. The Morgan fingerprint density at radius 2 is 2.00 bits per heavy atom. The molecule has 0 fully saturated rings. The molecule has 0 radical (unpaired) electrons. The number of fused-ring (bicyclic) bond motifs is 1. The van der Waals surface area contributed by atoms with E-state index in [9.17, 15) is 0 Å². The van der Waals surface area contributed by atoms with Gasteiger partial charge in [0.2, 0.25) is 0 Å². The number of hydrogen-bond acceptors (Lipinski definition) is 4. The van der Waals surface area contributed by atoms with E-state index < -0.39 is 0 Å². The van der Waals surface area contributed by atoms with Crippen molar-refractivity contribution in [3.8, 4) is 5.75 Å². The molecule has 7 heteroatoms. The van der Waals surface area contributed by atoms with Crippen molar-refractivity contribution in [2.24, 2.45) is 4.99 Å². The highest BCUT2D eigenvalue weighted by molar-refractivity contribution is 14.0. The van der Waals surface area contributed by atoms with Crippen molar-refractivity contribution >= 4 is 52.0 Å². The zero-order chi connectivity index (χ0) is 18.4. The van der Waals surface area contributed by atoms with E-state index in [0.717, 1.165) is 34.3 Å². The van der Waals surface area contributed by atoms with Crippen LogP contribution in [-0.2, 0) is 6.54 Å². The molecule has 0 aliphatic carbocycles. The number of nitrogens with zero attached hydrogens (tertiary/aromatic N) is 3. The first-order valence-electron chi connectivity index (χ1n) is 8.60. The van der Waals surface area contributed by atoms with E-state index in [-0.39, 0.29) is 24.0 Å². The van der Waals surface area contributed by atoms with Crippen molar-refractivity contribution in [3.05, 3.63) is 58.5 Å². The van der Waals surface area contributed by atoms with Crippen LogP contribution in [0.2, 0.25) is 0 Å². The number of nitrogens with one attached hydrogen (secondary N) is 1. The van der Waals surface area contributed by atoms with Gasteiger partial charge in [0.05, 0.1) is 23.8 Å². The van der Waals surface area contributed by atoms with E-state index in [1.54, 1.807) is 18.4 Å². The summed E-state index contributed by atoms with van der Waals surface area (Å²) in [6.45, 7) is 3.99. The summed E-state index contributed by atoms with van der Waals surface area (Å²) in [5, 5.41) is 8.83. The molecule has 27 heavy (non-hydrogen) atoms. The van der Waals surface area contributed by atoms with Gasteiger partial charge in [0.25, 0.3) is 0 Å². The molecule has 2 aromatic carbocycles. The number of aromatic nitrogens is 1. The third-order valence-corrected chi connectivity index (χ3v) is 4.85. The van der Waals surface area contributed by atoms with E-state index in [1.807, 2.05) is 38.2 Å². The van der Waals surface area contributed by atoms with Crippen LogP contribution in [0.25, 0.3) is 10.8 Å². The highest BCUT2D eigenvalue weighted by Crippen LogP contribution is 2.24. The van der Waals surface area contributed by atoms with E-state index in [0.29, 0.717) is 13.2 Å². The summed E-state index contributed by atoms with van der Waals surface area (Å²) in [6, 6.07) is 14.4. The summed E-state index contributed by atoms with van der Waals surface area (Å²) >= 11 is 1.67.